The van der Waals surface area contributed by atoms with Gasteiger partial charge >= 0.3 is 0 Å². The lowest BCUT2D eigenvalue weighted by atomic mass is 10.2. The van der Waals surface area contributed by atoms with E-state index in [-0.39, 0.29) is 5.91 Å². The Morgan fingerprint density at radius 3 is 2.67 bits per heavy atom. The Kier molecular flexibility index (Phi) is 7.46. The standard InChI is InChI=1S/C18H20BrNO3S/c1-13-3-8-17(22-2)16(11-13)20-18(21)12-24-10-9-23-15-6-4-14(19)5-7-15/h3-8,11H,9-10,12H2,1-2H3,(H,20,21). The van der Waals surface area contributed by atoms with Crippen molar-refractivity contribution < 1.29 is 14.3 Å². The van der Waals surface area contributed by atoms with Crippen LogP contribution in [0.2, 0.25) is 0 Å². The summed E-state index contributed by atoms with van der Waals surface area (Å²) in [6.45, 7) is 2.54. The lowest BCUT2D eigenvalue weighted by molar-refractivity contribution is -0.113. The SMILES string of the molecule is COc1ccc(C)cc1NC(=O)CSCCOc1ccc(Br)cc1. The van der Waals surface area contributed by atoms with Gasteiger partial charge in [0.15, 0.2) is 0 Å². The molecule has 1 N–H and O–H groups in total. The molecular weight excluding hydrogens is 390 g/mol. The van der Waals surface area contributed by atoms with Gasteiger partial charge in [-0.1, -0.05) is 22.0 Å². The number of aryl methyl sites for hydroxylation is 1. The monoisotopic (exact) mass is 409 g/mol. The van der Waals surface area contributed by atoms with Gasteiger partial charge in [-0.05, 0) is 48.9 Å². The zero-order valence-electron chi connectivity index (χ0n) is 13.7. The highest BCUT2D eigenvalue weighted by Gasteiger charge is 2.08. The first-order valence-electron chi connectivity index (χ1n) is 7.49. The summed E-state index contributed by atoms with van der Waals surface area (Å²) in [5.41, 5.74) is 1.77. The highest BCUT2D eigenvalue weighted by atomic mass is 79.9. The van der Waals surface area contributed by atoms with Gasteiger partial charge in [-0.25, -0.2) is 0 Å². The van der Waals surface area contributed by atoms with E-state index >= 15 is 0 Å². The number of carbonyl (C=O) groups is 1. The molecule has 0 aliphatic rings. The molecule has 0 spiro atoms. The molecule has 4 nitrogen and oxygen atoms in total. The number of amides is 1. The number of ether oxygens (including phenoxy) is 2. The molecule has 6 heteroatoms. The van der Waals surface area contributed by atoms with E-state index in [2.05, 4.69) is 21.2 Å². The molecule has 128 valence electrons. The van der Waals surface area contributed by atoms with Gasteiger partial charge < -0.3 is 14.8 Å². The summed E-state index contributed by atoms with van der Waals surface area (Å²) in [5.74, 6) is 2.56. The second-order valence-electron chi connectivity index (χ2n) is 5.11. The fourth-order valence-corrected chi connectivity index (χ4v) is 2.89. The van der Waals surface area contributed by atoms with Crippen LogP contribution in [0.5, 0.6) is 11.5 Å². The minimum atomic E-state index is -0.0486. The summed E-state index contributed by atoms with van der Waals surface area (Å²) in [7, 11) is 1.59. The van der Waals surface area contributed by atoms with Crippen LogP contribution in [0.15, 0.2) is 46.9 Å². The molecule has 0 saturated carbocycles. The second kappa shape index (κ2) is 9.59. The van der Waals surface area contributed by atoms with E-state index in [4.69, 9.17) is 9.47 Å². The molecular formula is C18H20BrNO3S. The maximum absolute atomic E-state index is 12.0. The van der Waals surface area contributed by atoms with Crippen molar-refractivity contribution in [1.29, 1.82) is 0 Å². The van der Waals surface area contributed by atoms with Crippen LogP contribution < -0.4 is 14.8 Å². The fourth-order valence-electron chi connectivity index (χ4n) is 2.02. The van der Waals surface area contributed by atoms with Gasteiger partial charge in [0.25, 0.3) is 0 Å². The average molecular weight is 410 g/mol. The first kappa shape index (κ1) is 18.7. The lowest BCUT2D eigenvalue weighted by Crippen LogP contribution is -2.15. The van der Waals surface area contributed by atoms with Gasteiger partial charge in [-0.3, -0.25) is 4.79 Å². The Labute approximate surface area is 155 Å². The zero-order valence-corrected chi connectivity index (χ0v) is 16.1. The van der Waals surface area contributed by atoms with Crippen molar-refractivity contribution in [2.45, 2.75) is 6.92 Å². The van der Waals surface area contributed by atoms with E-state index in [0.29, 0.717) is 23.8 Å². The van der Waals surface area contributed by atoms with E-state index in [0.717, 1.165) is 21.5 Å². The van der Waals surface area contributed by atoms with Gasteiger partial charge in [0.2, 0.25) is 5.91 Å². The normalized spacial score (nSPS) is 10.3. The van der Waals surface area contributed by atoms with Gasteiger partial charge in [0.1, 0.15) is 11.5 Å². The zero-order chi connectivity index (χ0) is 17.4. The average Bonchev–Trinajstić information content (AvgIpc) is 2.56. The third-order valence-corrected chi connectivity index (χ3v) is 4.62. The summed E-state index contributed by atoms with van der Waals surface area (Å²) < 4.78 is 11.9. The molecule has 0 aliphatic heterocycles. The van der Waals surface area contributed by atoms with E-state index in [1.54, 1.807) is 7.11 Å². The summed E-state index contributed by atoms with van der Waals surface area (Å²) in [5, 5.41) is 2.89. The number of anilines is 1. The Morgan fingerprint density at radius 2 is 1.96 bits per heavy atom. The molecule has 0 saturated heterocycles. The van der Waals surface area contributed by atoms with Crippen molar-refractivity contribution in [3.63, 3.8) is 0 Å². The molecule has 2 aromatic carbocycles. The van der Waals surface area contributed by atoms with E-state index in [1.165, 1.54) is 11.8 Å². The number of nitrogens with one attached hydrogen (secondary N) is 1. The molecule has 24 heavy (non-hydrogen) atoms. The minimum absolute atomic E-state index is 0.0486. The quantitative estimate of drug-likeness (QED) is 0.651. The van der Waals surface area contributed by atoms with Gasteiger partial charge in [0.05, 0.1) is 25.2 Å². The topological polar surface area (TPSA) is 47.6 Å². The number of rotatable bonds is 8. The largest absolute Gasteiger partial charge is 0.495 e. The van der Waals surface area contributed by atoms with Gasteiger partial charge in [-0.2, -0.15) is 0 Å². The molecule has 0 radical (unpaired) electrons. The molecule has 0 bridgehead atoms. The molecule has 0 aliphatic carbocycles. The van der Waals surface area contributed by atoms with Crippen molar-refractivity contribution in [2.75, 3.05) is 30.5 Å². The number of halogens is 1. The van der Waals surface area contributed by atoms with Crippen molar-refractivity contribution in [1.82, 2.24) is 0 Å². The van der Waals surface area contributed by atoms with Crippen molar-refractivity contribution in [2.24, 2.45) is 0 Å². The van der Waals surface area contributed by atoms with Crippen LogP contribution in [0.25, 0.3) is 0 Å². The van der Waals surface area contributed by atoms with Crippen LogP contribution in [0.4, 0.5) is 5.69 Å². The summed E-state index contributed by atoms with van der Waals surface area (Å²) in [6.07, 6.45) is 0. The molecule has 0 atom stereocenters. The molecule has 1 amide bonds. The molecule has 2 aromatic rings. The molecule has 0 aromatic heterocycles. The maximum atomic E-state index is 12.0. The number of methoxy groups -OCH3 is 1. The Hall–Kier alpha value is -1.66. The predicted molar refractivity (Wildman–Crippen MR) is 103 cm³/mol. The van der Waals surface area contributed by atoms with Crippen LogP contribution in [-0.2, 0) is 4.79 Å². The van der Waals surface area contributed by atoms with Crippen LogP contribution in [0.3, 0.4) is 0 Å². The Bertz CT molecular complexity index is 676. The van der Waals surface area contributed by atoms with Crippen LogP contribution >= 0.6 is 27.7 Å². The smallest absolute Gasteiger partial charge is 0.234 e. The number of benzene rings is 2. The van der Waals surface area contributed by atoms with Gasteiger partial charge in [-0.15, -0.1) is 11.8 Å². The second-order valence-corrected chi connectivity index (χ2v) is 7.13. The predicted octanol–water partition coefficient (Wildman–Crippen LogP) is 4.52. The molecule has 0 fully saturated rings. The third-order valence-electron chi connectivity index (χ3n) is 3.17. The van der Waals surface area contributed by atoms with E-state index in [9.17, 15) is 4.79 Å². The van der Waals surface area contributed by atoms with E-state index < -0.39 is 0 Å². The van der Waals surface area contributed by atoms with Crippen molar-refractivity contribution >= 4 is 39.3 Å². The number of thioether (sulfide) groups is 1. The highest BCUT2D eigenvalue weighted by molar-refractivity contribution is 9.10. The number of hydrogen-bond acceptors (Lipinski definition) is 4. The van der Waals surface area contributed by atoms with Gasteiger partial charge in [0, 0.05) is 10.2 Å². The molecule has 0 unspecified atom stereocenters. The maximum Gasteiger partial charge on any atom is 0.234 e. The first-order valence-corrected chi connectivity index (χ1v) is 9.44. The third kappa shape index (κ3) is 6.09. The molecule has 0 heterocycles. The van der Waals surface area contributed by atoms with Crippen LogP contribution in [-0.4, -0.2) is 31.1 Å². The summed E-state index contributed by atoms with van der Waals surface area (Å²) in [6, 6.07) is 13.4. The van der Waals surface area contributed by atoms with Crippen molar-refractivity contribution in [3.05, 3.63) is 52.5 Å². The first-order chi connectivity index (χ1) is 11.6. The minimum Gasteiger partial charge on any atom is -0.495 e. The fraction of sp³-hybridized carbons (Fsp3) is 0.278. The lowest BCUT2D eigenvalue weighted by Gasteiger charge is -2.11. The summed E-state index contributed by atoms with van der Waals surface area (Å²) in [4.78, 5) is 12.0. The number of hydrogen-bond donors (Lipinski definition) is 1. The highest BCUT2D eigenvalue weighted by Crippen LogP contribution is 2.25. The van der Waals surface area contributed by atoms with Crippen LogP contribution in [0.1, 0.15) is 5.56 Å². The molecule has 2 rings (SSSR count). The van der Waals surface area contributed by atoms with E-state index in [1.807, 2.05) is 49.4 Å². The summed E-state index contributed by atoms with van der Waals surface area (Å²) >= 11 is 4.92. The number of carbonyl (C=O) groups excluding carboxylic acids is 1. The Morgan fingerprint density at radius 1 is 1.21 bits per heavy atom. The van der Waals surface area contributed by atoms with Crippen LogP contribution in [0, 0.1) is 6.92 Å². The Balaban J connectivity index is 1.70. The van der Waals surface area contributed by atoms with Crippen molar-refractivity contribution in [3.8, 4) is 11.5 Å².